The molecule has 2 saturated carbocycles. The monoisotopic (exact) mass is 490 g/mol. The molecule has 1 saturated heterocycles. The van der Waals surface area contributed by atoms with Gasteiger partial charge in [-0.25, -0.2) is 4.39 Å². The predicted octanol–water partition coefficient (Wildman–Crippen LogP) is 5.13. The zero-order chi connectivity index (χ0) is 24.9. The SMILES string of the molecule is O=C(CC1CC2(C1)CC(C(=O)O)C2)c1ccc(F)c2ccn(Cc3ccc(N4CCOCC4)cc3)c12. The number of morpholine rings is 1. The van der Waals surface area contributed by atoms with Crippen molar-refractivity contribution in [2.75, 3.05) is 31.2 Å². The molecule has 0 unspecified atom stereocenters. The summed E-state index contributed by atoms with van der Waals surface area (Å²) >= 11 is 0. The number of aromatic nitrogens is 1. The van der Waals surface area contributed by atoms with Gasteiger partial charge in [-0.05, 0) is 72.9 Å². The van der Waals surface area contributed by atoms with Crippen LogP contribution in [0.5, 0.6) is 0 Å². The summed E-state index contributed by atoms with van der Waals surface area (Å²) in [5.74, 6) is -0.922. The van der Waals surface area contributed by atoms with Crippen molar-refractivity contribution < 1.29 is 23.8 Å². The molecule has 0 radical (unpaired) electrons. The maximum atomic E-state index is 14.6. The molecule has 2 aliphatic carbocycles. The minimum absolute atomic E-state index is 0.0385. The fraction of sp³-hybridized carbons (Fsp3) is 0.448. The second kappa shape index (κ2) is 9.04. The summed E-state index contributed by atoms with van der Waals surface area (Å²) in [6, 6.07) is 13.2. The van der Waals surface area contributed by atoms with Crippen LogP contribution < -0.4 is 4.90 Å². The van der Waals surface area contributed by atoms with Crippen molar-refractivity contribution in [1.82, 2.24) is 4.57 Å². The van der Waals surface area contributed by atoms with Crippen molar-refractivity contribution in [3.05, 3.63) is 65.6 Å². The number of nitrogens with zero attached hydrogens (tertiary/aromatic N) is 2. The average molecular weight is 491 g/mol. The van der Waals surface area contributed by atoms with E-state index in [1.807, 2.05) is 10.8 Å². The van der Waals surface area contributed by atoms with E-state index < -0.39 is 5.97 Å². The Labute approximate surface area is 209 Å². The van der Waals surface area contributed by atoms with Gasteiger partial charge < -0.3 is 19.3 Å². The smallest absolute Gasteiger partial charge is 0.306 e. The molecule has 188 valence electrons. The van der Waals surface area contributed by atoms with E-state index >= 15 is 0 Å². The van der Waals surface area contributed by atoms with E-state index in [1.54, 1.807) is 12.1 Å². The first-order valence-corrected chi connectivity index (χ1v) is 12.9. The van der Waals surface area contributed by atoms with Gasteiger partial charge in [0, 0.05) is 48.9 Å². The van der Waals surface area contributed by atoms with Crippen LogP contribution in [0.4, 0.5) is 10.1 Å². The normalized spacial score (nSPS) is 25.5. The van der Waals surface area contributed by atoms with Gasteiger partial charge in [0.25, 0.3) is 0 Å². The highest BCUT2D eigenvalue weighted by atomic mass is 19.1. The van der Waals surface area contributed by atoms with Crippen molar-refractivity contribution >= 4 is 28.3 Å². The molecule has 2 heterocycles. The number of ether oxygens (including phenoxy) is 1. The summed E-state index contributed by atoms with van der Waals surface area (Å²) in [7, 11) is 0. The Bertz CT molecular complexity index is 1290. The van der Waals surface area contributed by atoms with Gasteiger partial charge in [-0.15, -0.1) is 0 Å². The van der Waals surface area contributed by atoms with Gasteiger partial charge in [-0.1, -0.05) is 12.1 Å². The molecule has 6 rings (SSSR count). The molecular weight excluding hydrogens is 459 g/mol. The number of hydrogen-bond acceptors (Lipinski definition) is 4. The molecule has 6 nitrogen and oxygen atoms in total. The van der Waals surface area contributed by atoms with Crippen LogP contribution in [0.15, 0.2) is 48.7 Å². The third-order valence-electron chi connectivity index (χ3n) is 8.46. The minimum atomic E-state index is -0.703. The third-order valence-corrected chi connectivity index (χ3v) is 8.46. The first kappa shape index (κ1) is 23.2. The zero-order valence-electron chi connectivity index (χ0n) is 20.3. The van der Waals surface area contributed by atoms with Crippen LogP contribution in [-0.4, -0.2) is 47.7 Å². The summed E-state index contributed by atoms with van der Waals surface area (Å²) in [5, 5.41) is 9.63. The lowest BCUT2D eigenvalue weighted by molar-refractivity contribution is -0.157. The van der Waals surface area contributed by atoms with E-state index in [4.69, 9.17) is 9.84 Å². The molecule has 3 fully saturated rings. The second-order valence-corrected chi connectivity index (χ2v) is 10.9. The molecule has 7 heteroatoms. The number of carbonyl (C=O) groups is 2. The van der Waals surface area contributed by atoms with E-state index in [0.29, 0.717) is 29.4 Å². The Hall–Kier alpha value is -3.19. The van der Waals surface area contributed by atoms with Crippen molar-refractivity contribution in [3.8, 4) is 0 Å². The van der Waals surface area contributed by atoms with Crippen molar-refractivity contribution in [3.63, 3.8) is 0 Å². The fourth-order valence-electron chi connectivity index (χ4n) is 6.65. The number of carbonyl (C=O) groups excluding carboxylic acids is 1. The van der Waals surface area contributed by atoms with Gasteiger partial charge >= 0.3 is 5.97 Å². The van der Waals surface area contributed by atoms with E-state index in [9.17, 15) is 14.0 Å². The lowest BCUT2D eigenvalue weighted by atomic mass is 9.47. The summed E-state index contributed by atoms with van der Waals surface area (Å²) in [6.45, 7) is 3.80. The van der Waals surface area contributed by atoms with Gasteiger partial charge in [0.15, 0.2) is 5.78 Å². The third kappa shape index (κ3) is 4.19. The van der Waals surface area contributed by atoms with Gasteiger partial charge in [0.1, 0.15) is 5.82 Å². The van der Waals surface area contributed by atoms with E-state index in [1.165, 1.54) is 11.8 Å². The van der Waals surface area contributed by atoms with Crippen molar-refractivity contribution in [2.45, 2.75) is 38.6 Å². The quantitative estimate of drug-likeness (QED) is 0.465. The maximum Gasteiger partial charge on any atom is 0.306 e. The lowest BCUT2D eigenvalue weighted by Gasteiger charge is -2.56. The number of halogens is 1. The molecule has 1 aromatic heterocycles. The topological polar surface area (TPSA) is 71.8 Å². The zero-order valence-corrected chi connectivity index (χ0v) is 20.3. The maximum absolute atomic E-state index is 14.6. The Kier molecular flexibility index (Phi) is 5.83. The molecule has 0 bridgehead atoms. The number of ketones is 1. The number of fused-ring (bicyclic) bond motifs is 1. The van der Waals surface area contributed by atoms with Crippen molar-refractivity contribution in [1.29, 1.82) is 0 Å². The van der Waals surface area contributed by atoms with Gasteiger partial charge in [0.2, 0.25) is 0 Å². The van der Waals surface area contributed by atoms with Crippen LogP contribution in [0.3, 0.4) is 0 Å². The first-order chi connectivity index (χ1) is 17.4. The Balaban J connectivity index is 1.17. The van der Waals surface area contributed by atoms with Crippen LogP contribution in [0, 0.1) is 23.1 Å². The standard InChI is InChI=1S/C29H31FN2O4/c30-25-6-5-24(26(33)13-20-14-29(15-20)16-21(17-29)28(34)35)27-23(25)7-8-32(27)18-19-1-3-22(4-2-19)31-9-11-36-12-10-31/h1-8,20-21H,9-18H2,(H,34,35). The molecule has 36 heavy (non-hydrogen) atoms. The molecular formula is C29H31FN2O4. The number of benzene rings is 2. The molecule has 3 aromatic rings. The number of hydrogen-bond donors (Lipinski definition) is 1. The Morgan fingerprint density at radius 2 is 1.72 bits per heavy atom. The van der Waals surface area contributed by atoms with Crippen molar-refractivity contribution in [2.24, 2.45) is 17.3 Å². The molecule has 1 spiro atoms. The number of anilines is 1. The molecule has 1 aliphatic heterocycles. The average Bonchev–Trinajstić information content (AvgIpc) is 3.25. The largest absolute Gasteiger partial charge is 0.481 e. The van der Waals surface area contributed by atoms with Gasteiger partial charge in [-0.2, -0.15) is 0 Å². The highest BCUT2D eigenvalue weighted by molar-refractivity contribution is 6.07. The number of carboxylic acids is 1. The Morgan fingerprint density at radius 3 is 2.42 bits per heavy atom. The highest BCUT2D eigenvalue weighted by Gasteiger charge is 2.54. The van der Waals surface area contributed by atoms with E-state index in [-0.39, 0.29) is 28.9 Å². The summed E-state index contributed by atoms with van der Waals surface area (Å²) < 4.78 is 22.1. The summed E-state index contributed by atoms with van der Waals surface area (Å²) in [6.07, 6.45) is 5.60. The number of carboxylic acid groups (broad SMARTS) is 1. The van der Waals surface area contributed by atoms with Crippen LogP contribution in [0.25, 0.3) is 10.9 Å². The molecule has 0 amide bonds. The van der Waals surface area contributed by atoms with E-state index in [0.717, 1.165) is 57.6 Å². The second-order valence-electron chi connectivity index (χ2n) is 10.9. The summed E-state index contributed by atoms with van der Waals surface area (Å²) in [5.41, 5.74) is 3.62. The fourth-order valence-corrected chi connectivity index (χ4v) is 6.65. The highest BCUT2D eigenvalue weighted by Crippen LogP contribution is 2.62. The number of aliphatic carboxylic acids is 1. The summed E-state index contributed by atoms with van der Waals surface area (Å²) in [4.78, 5) is 26.8. The minimum Gasteiger partial charge on any atom is -0.481 e. The first-order valence-electron chi connectivity index (χ1n) is 12.9. The molecule has 1 N–H and O–H groups in total. The van der Waals surface area contributed by atoms with Crippen LogP contribution in [-0.2, 0) is 16.1 Å². The van der Waals surface area contributed by atoms with Crippen LogP contribution in [0.1, 0.15) is 48.0 Å². The molecule has 3 aliphatic rings. The van der Waals surface area contributed by atoms with Gasteiger partial charge in [-0.3, -0.25) is 9.59 Å². The van der Waals surface area contributed by atoms with E-state index in [2.05, 4.69) is 29.2 Å². The lowest BCUT2D eigenvalue weighted by Crippen LogP contribution is -2.50. The van der Waals surface area contributed by atoms with Crippen LogP contribution in [0.2, 0.25) is 0 Å². The molecule has 0 atom stereocenters. The van der Waals surface area contributed by atoms with Gasteiger partial charge in [0.05, 0.1) is 24.6 Å². The molecule has 2 aromatic carbocycles. The van der Waals surface area contributed by atoms with Crippen LogP contribution >= 0.6 is 0 Å². The number of Topliss-reactive ketones (excluding diaryl/α,β-unsaturated/α-hetero) is 1. The number of rotatable bonds is 7. The Morgan fingerprint density at radius 1 is 1.00 bits per heavy atom. The predicted molar refractivity (Wildman–Crippen MR) is 135 cm³/mol.